The van der Waals surface area contributed by atoms with Gasteiger partial charge in [-0.3, -0.25) is 4.79 Å². The van der Waals surface area contributed by atoms with Crippen molar-refractivity contribution in [1.82, 2.24) is 4.90 Å². The molecule has 1 aliphatic carbocycles. The number of aliphatic hydroxyl groups is 1. The first-order chi connectivity index (χ1) is 12.5. The van der Waals surface area contributed by atoms with Gasteiger partial charge in [-0.05, 0) is 48.3 Å². The summed E-state index contributed by atoms with van der Waals surface area (Å²) in [6, 6.07) is 7.65. The number of aliphatic hydroxyl groups excluding tert-OH is 1. The summed E-state index contributed by atoms with van der Waals surface area (Å²) in [5.74, 6) is 1.28. The average molecular weight is 361 g/mol. The second-order valence-electron chi connectivity index (χ2n) is 8.04. The van der Waals surface area contributed by atoms with Crippen molar-refractivity contribution in [3.8, 4) is 5.75 Å². The highest BCUT2D eigenvalue weighted by Gasteiger charge is 2.59. The zero-order valence-corrected chi connectivity index (χ0v) is 16.1. The van der Waals surface area contributed by atoms with Crippen LogP contribution in [0.15, 0.2) is 24.3 Å². The van der Waals surface area contributed by atoms with Gasteiger partial charge >= 0.3 is 0 Å². The molecule has 0 aromatic heterocycles. The van der Waals surface area contributed by atoms with Crippen molar-refractivity contribution in [2.45, 2.75) is 45.7 Å². The maximum absolute atomic E-state index is 13.4. The lowest BCUT2D eigenvalue weighted by atomic mass is 9.92. The van der Waals surface area contributed by atoms with Crippen molar-refractivity contribution in [1.29, 1.82) is 0 Å². The molecule has 1 aromatic carbocycles. The van der Waals surface area contributed by atoms with E-state index >= 15 is 0 Å². The molecular weight excluding hydrogens is 330 g/mol. The van der Waals surface area contributed by atoms with Crippen LogP contribution in [0.2, 0.25) is 0 Å². The summed E-state index contributed by atoms with van der Waals surface area (Å²) < 4.78 is 10.7. The Morgan fingerprint density at radius 1 is 1.31 bits per heavy atom. The molecule has 1 unspecified atom stereocenters. The Morgan fingerprint density at radius 2 is 1.96 bits per heavy atom. The Morgan fingerprint density at radius 3 is 2.50 bits per heavy atom. The fourth-order valence-electron chi connectivity index (χ4n) is 4.18. The van der Waals surface area contributed by atoms with Crippen molar-refractivity contribution in [2.75, 3.05) is 26.9 Å². The molecule has 144 valence electrons. The van der Waals surface area contributed by atoms with Gasteiger partial charge < -0.3 is 19.5 Å². The second-order valence-corrected chi connectivity index (χ2v) is 8.04. The van der Waals surface area contributed by atoms with E-state index in [1.165, 1.54) is 0 Å². The predicted molar refractivity (Wildman–Crippen MR) is 99.8 cm³/mol. The number of amides is 1. The normalized spacial score (nSPS) is 22.3. The number of hydrogen-bond acceptors (Lipinski definition) is 4. The molecule has 1 heterocycles. The molecule has 2 fully saturated rings. The van der Waals surface area contributed by atoms with Crippen molar-refractivity contribution >= 4 is 5.91 Å². The van der Waals surface area contributed by atoms with Gasteiger partial charge in [-0.2, -0.15) is 0 Å². The summed E-state index contributed by atoms with van der Waals surface area (Å²) >= 11 is 0. The van der Waals surface area contributed by atoms with E-state index in [0.717, 1.165) is 43.8 Å². The number of carbonyl (C=O) groups excluding carboxylic acids is 1. The minimum atomic E-state index is -0.165. The zero-order valence-electron chi connectivity index (χ0n) is 16.1. The highest BCUT2D eigenvalue weighted by molar-refractivity contribution is 5.83. The third-order valence-electron chi connectivity index (χ3n) is 6.13. The van der Waals surface area contributed by atoms with Gasteiger partial charge in [0.1, 0.15) is 5.75 Å². The largest absolute Gasteiger partial charge is 0.497 e. The van der Waals surface area contributed by atoms with Crippen LogP contribution >= 0.6 is 0 Å². The molecule has 2 atom stereocenters. The molecule has 1 aromatic rings. The van der Waals surface area contributed by atoms with Crippen molar-refractivity contribution in [3.05, 3.63) is 29.8 Å². The van der Waals surface area contributed by atoms with E-state index in [-0.39, 0.29) is 35.8 Å². The van der Waals surface area contributed by atoms with Gasteiger partial charge in [0.2, 0.25) is 5.91 Å². The van der Waals surface area contributed by atoms with Crippen LogP contribution in [0.1, 0.15) is 38.7 Å². The maximum Gasteiger partial charge on any atom is 0.226 e. The minimum absolute atomic E-state index is 0.0115. The van der Waals surface area contributed by atoms with E-state index in [1.54, 1.807) is 7.11 Å². The van der Waals surface area contributed by atoms with Gasteiger partial charge in [0, 0.05) is 25.7 Å². The average Bonchev–Trinajstić information content (AvgIpc) is 3.34. The van der Waals surface area contributed by atoms with Crippen molar-refractivity contribution in [3.63, 3.8) is 0 Å². The Bertz CT molecular complexity index is 607. The SMILES string of the molecule is COc1ccc(CN(C(=O)C2CC23CCOCC3)[C@H](CO)C(C)C)cc1. The molecule has 0 radical (unpaired) electrons. The Balaban J connectivity index is 1.77. The molecule has 1 amide bonds. The van der Waals surface area contributed by atoms with Crippen LogP contribution in [0, 0.1) is 17.3 Å². The van der Waals surface area contributed by atoms with Crippen LogP contribution in [0.3, 0.4) is 0 Å². The number of carbonyl (C=O) groups is 1. The van der Waals surface area contributed by atoms with E-state index in [0.29, 0.717) is 6.54 Å². The molecular formula is C21H31NO4. The van der Waals surface area contributed by atoms with Crippen LogP contribution in [0.4, 0.5) is 0 Å². The van der Waals surface area contributed by atoms with Gasteiger partial charge in [0.15, 0.2) is 0 Å². The molecule has 3 rings (SSSR count). The molecule has 1 saturated carbocycles. The van der Waals surface area contributed by atoms with E-state index in [9.17, 15) is 9.90 Å². The summed E-state index contributed by atoms with van der Waals surface area (Å²) in [6.45, 7) is 6.15. The molecule has 2 aliphatic rings. The third-order valence-corrected chi connectivity index (χ3v) is 6.13. The van der Waals surface area contributed by atoms with Crippen LogP contribution in [-0.2, 0) is 16.1 Å². The number of nitrogens with zero attached hydrogens (tertiary/aromatic N) is 1. The lowest BCUT2D eigenvalue weighted by Crippen LogP contribution is -2.46. The van der Waals surface area contributed by atoms with Gasteiger partial charge in [-0.25, -0.2) is 0 Å². The maximum atomic E-state index is 13.4. The first-order valence-electron chi connectivity index (χ1n) is 9.63. The topological polar surface area (TPSA) is 59.0 Å². The lowest BCUT2D eigenvalue weighted by Gasteiger charge is -2.35. The number of rotatable bonds is 7. The number of ether oxygens (including phenoxy) is 2. The third kappa shape index (κ3) is 3.89. The summed E-state index contributed by atoms with van der Waals surface area (Å²) in [7, 11) is 1.64. The smallest absolute Gasteiger partial charge is 0.226 e. The first-order valence-corrected chi connectivity index (χ1v) is 9.63. The van der Waals surface area contributed by atoms with E-state index in [1.807, 2.05) is 29.2 Å². The molecule has 1 saturated heterocycles. The zero-order chi connectivity index (χ0) is 18.7. The standard InChI is InChI=1S/C21H31NO4/c1-15(2)19(14-23)22(13-16-4-6-17(25-3)7-5-16)20(24)18-12-21(18)8-10-26-11-9-21/h4-7,15,18-19,23H,8-14H2,1-3H3/t18?,19-/m1/s1. The Kier molecular flexibility index (Phi) is 5.88. The number of methoxy groups -OCH3 is 1. The first kappa shape index (κ1) is 19.2. The fraction of sp³-hybridized carbons (Fsp3) is 0.667. The quantitative estimate of drug-likeness (QED) is 0.811. The second kappa shape index (κ2) is 7.97. The van der Waals surface area contributed by atoms with Crippen LogP contribution < -0.4 is 4.74 Å². The highest BCUT2D eigenvalue weighted by atomic mass is 16.5. The summed E-state index contributed by atoms with van der Waals surface area (Å²) in [5, 5.41) is 9.95. The van der Waals surface area contributed by atoms with Gasteiger partial charge in [-0.15, -0.1) is 0 Å². The summed E-state index contributed by atoms with van der Waals surface area (Å²) in [6.07, 6.45) is 2.92. The highest BCUT2D eigenvalue weighted by Crippen LogP contribution is 2.60. The van der Waals surface area contributed by atoms with Crippen molar-refractivity contribution < 1.29 is 19.4 Å². The Hall–Kier alpha value is -1.59. The lowest BCUT2D eigenvalue weighted by molar-refractivity contribution is -0.139. The fourth-order valence-corrected chi connectivity index (χ4v) is 4.18. The van der Waals surface area contributed by atoms with E-state index < -0.39 is 0 Å². The monoisotopic (exact) mass is 361 g/mol. The predicted octanol–water partition coefficient (Wildman–Crippen LogP) is 2.86. The van der Waals surface area contributed by atoms with E-state index in [2.05, 4.69) is 13.8 Å². The van der Waals surface area contributed by atoms with E-state index in [4.69, 9.17) is 9.47 Å². The molecule has 0 bridgehead atoms. The van der Waals surface area contributed by atoms with Gasteiger partial charge in [0.05, 0.1) is 19.8 Å². The molecule has 1 spiro atoms. The molecule has 5 heteroatoms. The van der Waals surface area contributed by atoms with Crippen LogP contribution in [-0.4, -0.2) is 48.9 Å². The van der Waals surface area contributed by atoms with Crippen LogP contribution in [0.5, 0.6) is 5.75 Å². The molecule has 1 aliphatic heterocycles. The molecule has 26 heavy (non-hydrogen) atoms. The summed E-state index contributed by atoms with van der Waals surface area (Å²) in [4.78, 5) is 15.3. The number of hydrogen-bond donors (Lipinski definition) is 1. The van der Waals surface area contributed by atoms with Crippen molar-refractivity contribution in [2.24, 2.45) is 17.3 Å². The van der Waals surface area contributed by atoms with Crippen LogP contribution in [0.25, 0.3) is 0 Å². The van der Waals surface area contributed by atoms with Gasteiger partial charge in [0.25, 0.3) is 0 Å². The molecule has 1 N–H and O–H groups in total. The summed E-state index contributed by atoms with van der Waals surface area (Å²) in [5.41, 5.74) is 1.20. The Labute approximate surface area is 156 Å². The minimum Gasteiger partial charge on any atom is -0.497 e. The number of benzene rings is 1. The van der Waals surface area contributed by atoms with Gasteiger partial charge in [-0.1, -0.05) is 26.0 Å². The molecule has 5 nitrogen and oxygen atoms in total.